The zero-order chi connectivity index (χ0) is 13.1. The van der Waals surface area contributed by atoms with Crippen molar-refractivity contribution in [2.75, 3.05) is 26.7 Å². The summed E-state index contributed by atoms with van der Waals surface area (Å²) >= 11 is 0. The van der Waals surface area contributed by atoms with Crippen LogP contribution in [0.25, 0.3) is 0 Å². The number of carbonyl (C=O) groups is 1. The summed E-state index contributed by atoms with van der Waals surface area (Å²) in [6.07, 6.45) is 0. The molecule has 0 aromatic carbocycles. The highest BCUT2D eigenvalue weighted by molar-refractivity contribution is 5.87. The number of ether oxygens (including phenoxy) is 1. The van der Waals surface area contributed by atoms with Gasteiger partial charge in [0, 0.05) is 31.2 Å². The van der Waals surface area contributed by atoms with Gasteiger partial charge in [-0.2, -0.15) is 0 Å². The number of piperazine rings is 1. The second-order valence-electron chi connectivity index (χ2n) is 4.81. The van der Waals surface area contributed by atoms with Crippen LogP contribution in [0.15, 0.2) is 10.5 Å². The maximum absolute atomic E-state index is 11.5. The van der Waals surface area contributed by atoms with E-state index in [-0.39, 0.29) is 0 Å². The fourth-order valence-electron chi connectivity index (χ4n) is 2.30. The van der Waals surface area contributed by atoms with Gasteiger partial charge in [0.25, 0.3) is 0 Å². The van der Waals surface area contributed by atoms with Gasteiger partial charge >= 0.3 is 5.97 Å². The number of nitrogens with one attached hydrogen (secondary N) is 1. The van der Waals surface area contributed by atoms with Crippen LogP contribution >= 0.6 is 0 Å². The van der Waals surface area contributed by atoms with Crippen molar-refractivity contribution in [1.82, 2.24) is 10.2 Å². The molecule has 0 saturated carbocycles. The monoisotopic (exact) mass is 252 g/mol. The predicted molar refractivity (Wildman–Crippen MR) is 67.5 cm³/mol. The summed E-state index contributed by atoms with van der Waals surface area (Å²) in [6, 6.07) is 2.41. The van der Waals surface area contributed by atoms with Crippen LogP contribution in [-0.4, -0.2) is 43.7 Å². The van der Waals surface area contributed by atoms with Crippen molar-refractivity contribution in [2.45, 2.75) is 26.4 Å². The van der Waals surface area contributed by atoms with E-state index < -0.39 is 5.97 Å². The van der Waals surface area contributed by atoms with Gasteiger partial charge < -0.3 is 14.5 Å². The van der Waals surface area contributed by atoms with Crippen molar-refractivity contribution in [3.05, 3.63) is 23.2 Å². The summed E-state index contributed by atoms with van der Waals surface area (Å²) in [4.78, 5) is 13.8. The highest BCUT2D eigenvalue weighted by Gasteiger charge is 2.20. The SMILES string of the molecule is COC(=O)c1oc(CN2CCNC(C)C2)cc1C. The first-order valence-electron chi connectivity index (χ1n) is 6.23. The molecule has 1 unspecified atom stereocenters. The number of hydrogen-bond acceptors (Lipinski definition) is 5. The lowest BCUT2D eigenvalue weighted by Gasteiger charge is -2.31. The number of aryl methyl sites for hydroxylation is 1. The Bertz CT molecular complexity index is 428. The summed E-state index contributed by atoms with van der Waals surface area (Å²) in [6.45, 7) is 7.75. The standard InChI is InChI=1S/C13H20N2O3/c1-9-6-11(18-12(9)13(16)17-3)8-15-5-4-14-10(2)7-15/h6,10,14H,4-5,7-8H2,1-3H3. The number of esters is 1. The van der Waals surface area contributed by atoms with Crippen LogP contribution in [0.3, 0.4) is 0 Å². The summed E-state index contributed by atoms with van der Waals surface area (Å²) in [5.74, 6) is 0.727. The molecule has 1 aliphatic rings. The number of rotatable bonds is 3. The average Bonchev–Trinajstić information content (AvgIpc) is 2.69. The molecule has 0 amide bonds. The second-order valence-corrected chi connectivity index (χ2v) is 4.81. The molecule has 18 heavy (non-hydrogen) atoms. The Morgan fingerprint density at radius 1 is 1.67 bits per heavy atom. The van der Waals surface area contributed by atoms with E-state index in [1.807, 2.05) is 13.0 Å². The Balaban J connectivity index is 2.03. The highest BCUT2D eigenvalue weighted by atomic mass is 16.5. The van der Waals surface area contributed by atoms with Gasteiger partial charge in [0.15, 0.2) is 0 Å². The van der Waals surface area contributed by atoms with Crippen LogP contribution in [0.5, 0.6) is 0 Å². The summed E-state index contributed by atoms with van der Waals surface area (Å²) in [5, 5.41) is 3.40. The van der Waals surface area contributed by atoms with Crippen LogP contribution < -0.4 is 5.32 Å². The zero-order valence-electron chi connectivity index (χ0n) is 11.2. The number of carbonyl (C=O) groups excluding carboxylic acids is 1. The maximum atomic E-state index is 11.5. The smallest absolute Gasteiger partial charge is 0.374 e. The van der Waals surface area contributed by atoms with Crippen LogP contribution in [0.2, 0.25) is 0 Å². The lowest BCUT2D eigenvalue weighted by Crippen LogP contribution is -2.48. The van der Waals surface area contributed by atoms with E-state index >= 15 is 0 Å². The van der Waals surface area contributed by atoms with Gasteiger partial charge in [-0.25, -0.2) is 4.79 Å². The van der Waals surface area contributed by atoms with E-state index in [2.05, 4.69) is 21.9 Å². The normalized spacial score (nSPS) is 20.9. The Morgan fingerprint density at radius 3 is 3.11 bits per heavy atom. The number of hydrogen-bond donors (Lipinski definition) is 1. The lowest BCUT2D eigenvalue weighted by molar-refractivity contribution is 0.0559. The van der Waals surface area contributed by atoms with E-state index in [1.165, 1.54) is 7.11 Å². The molecule has 1 N–H and O–H groups in total. The third kappa shape index (κ3) is 2.91. The summed E-state index contributed by atoms with van der Waals surface area (Å²) < 4.78 is 10.2. The first-order chi connectivity index (χ1) is 8.60. The Morgan fingerprint density at radius 2 is 2.44 bits per heavy atom. The molecule has 2 heterocycles. The molecule has 1 saturated heterocycles. The molecular weight excluding hydrogens is 232 g/mol. The van der Waals surface area contributed by atoms with Crippen LogP contribution in [0.4, 0.5) is 0 Å². The molecule has 0 radical (unpaired) electrons. The topological polar surface area (TPSA) is 54.7 Å². The van der Waals surface area contributed by atoms with Crippen LogP contribution in [-0.2, 0) is 11.3 Å². The number of nitrogens with zero attached hydrogens (tertiary/aromatic N) is 1. The van der Waals surface area contributed by atoms with Crippen molar-refractivity contribution in [3.8, 4) is 0 Å². The molecule has 5 nitrogen and oxygen atoms in total. The van der Waals surface area contributed by atoms with Gasteiger partial charge in [-0.05, 0) is 19.9 Å². The van der Waals surface area contributed by atoms with Crippen LogP contribution in [0, 0.1) is 6.92 Å². The minimum Gasteiger partial charge on any atom is -0.463 e. The largest absolute Gasteiger partial charge is 0.463 e. The fraction of sp³-hybridized carbons (Fsp3) is 0.615. The van der Waals surface area contributed by atoms with E-state index in [0.717, 1.165) is 37.5 Å². The molecule has 1 aromatic rings. The summed E-state index contributed by atoms with van der Waals surface area (Å²) in [7, 11) is 1.36. The van der Waals surface area contributed by atoms with E-state index in [4.69, 9.17) is 4.42 Å². The number of methoxy groups -OCH3 is 1. The first-order valence-corrected chi connectivity index (χ1v) is 6.23. The van der Waals surface area contributed by atoms with Crippen molar-refractivity contribution < 1.29 is 13.9 Å². The molecule has 1 aliphatic heterocycles. The first kappa shape index (κ1) is 13.1. The van der Waals surface area contributed by atoms with E-state index in [1.54, 1.807) is 0 Å². The highest BCUT2D eigenvalue weighted by Crippen LogP contribution is 2.17. The molecule has 0 bridgehead atoms. The average molecular weight is 252 g/mol. The third-order valence-corrected chi connectivity index (χ3v) is 3.17. The van der Waals surface area contributed by atoms with Gasteiger partial charge in [0.05, 0.1) is 13.7 Å². The Labute approximate surface area is 107 Å². The van der Waals surface area contributed by atoms with Gasteiger partial charge in [-0.1, -0.05) is 0 Å². The van der Waals surface area contributed by atoms with Crippen molar-refractivity contribution >= 4 is 5.97 Å². The molecule has 1 atom stereocenters. The minimum absolute atomic E-state index is 0.315. The lowest BCUT2D eigenvalue weighted by atomic mass is 10.2. The minimum atomic E-state index is -0.410. The molecule has 1 aromatic heterocycles. The Hall–Kier alpha value is -1.33. The second kappa shape index (κ2) is 5.54. The fourth-order valence-corrected chi connectivity index (χ4v) is 2.30. The quantitative estimate of drug-likeness (QED) is 0.818. The third-order valence-electron chi connectivity index (χ3n) is 3.17. The Kier molecular flexibility index (Phi) is 4.04. The number of furan rings is 1. The molecule has 2 rings (SSSR count). The van der Waals surface area contributed by atoms with Crippen molar-refractivity contribution in [1.29, 1.82) is 0 Å². The van der Waals surface area contributed by atoms with Gasteiger partial charge in [-0.3, -0.25) is 4.90 Å². The van der Waals surface area contributed by atoms with Crippen LogP contribution in [0.1, 0.15) is 28.8 Å². The van der Waals surface area contributed by atoms with Crippen molar-refractivity contribution in [3.63, 3.8) is 0 Å². The van der Waals surface area contributed by atoms with E-state index in [9.17, 15) is 4.79 Å². The molecular formula is C13H20N2O3. The maximum Gasteiger partial charge on any atom is 0.374 e. The molecule has 1 fully saturated rings. The zero-order valence-corrected chi connectivity index (χ0v) is 11.2. The van der Waals surface area contributed by atoms with Gasteiger partial charge in [0.1, 0.15) is 5.76 Å². The molecule has 5 heteroatoms. The van der Waals surface area contributed by atoms with E-state index in [0.29, 0.717) is 11.8 Å². The van der Waals surface area contributed by atoms with Gasteiger partial charge in [0.2, 0.25) is 5.76 Å². The molecule has 0 aliphatic carbocycles. The van der Waals surface area contributed by atoms with Crippen molar-refractivity contribution in [2.24, 2.45) is 0 Å². The molecule has 100 valence electrons. The summed E-state index contributed by atoms with van der Waals surface area (Å²) in [5.41, 5.74) is 0.833. The van der Waals surface area contributed by atoms with Gasteiger partial charge in [-0.15, -0.1) is 0 Å². The molecule has 0 spiro atoms. The predicted octanol–water partition coefficient (Wildman–Crippen LogP) is 1.17.